The van der Waals surface area contributed by atoms with Crippen molar-refractivity contribution in [3.05, 3.63) is 53.1 Å². The number of methoxy groups -OCH3 is 1. The van der Waals surface area contributed by atoms with Crippen molar-refractivity contribution in [1.82, 2.24) is 0 Å². The summed E-state index contributed by atoms with van der Waals surface area (Å²) in [5.41, 5.74) is 1.56. The number of benzene rings is 2. The zero-order valence-corrected chi connectivity index (χ0v) is 14.6. The van der Waals surface area contributed by atoms with E-state index in [4.69, 9.17) is 25.8 Å². The third-order valence-corrected chi connectivity index (χ3v) is 3.47. The average Bonchev–Trinajstić information content (AvgIpc) is 2.59. The van der Waals surface area contributed by atoms with Crippen molar-refractivity contribution in [3.8, 4) is 11.5 Å². The van der Waals surface area contributed by atoms with Crippen LogP contribution in [-0.2, 0) is 14.3 Å². The highest BCUT2D eigenvalue weighted by atomic mass is 35.5. The highest BCUT2D eigenvalue weighted by Gasteiger charge is 2.10. The number of hydrogen-bond donors (Lipinski definition) is 1. The van der Waals surface area contributed by atoms with E-state index in [2.05, 4.69) is 5.32 Å². The van der Waals surface area contributed by atoms with Crippen molar-refractivity contribution in [2.75, 3.05) is 25.6 Å². The molecule has 0 unspecified atom stereocenters. The van der Waals surface area contributed by atoms with E-state index >= 15 is 0 Å². The number of ether oxygens (including phenoxy) is 3. The molecule has 0 radical (unpaired) electrons. The van der Waals surface area contributed by atoms with Crippen LogP contribution < -0.4 is 14.8 Å². The van der Waals surface area contributed by atoms with Crippen molar-refractivity contribution in [2.45, 2.75) is 6.92 Å². The fourth-order valence-electron chi connectivity index (χ4n) is 1.91. The van der Waals surface area contributed by atoms with Crippen molar-refractivity contribution in [2.24, 2.45) is 0 Å². The van der Waals surface area contributed by atoms with Gasteiger partial charge >= 0.3 is 5.97 Å². The van der Waals surface area contributed by atoms with Gasteiger partial charge in [-0.15, -0.1) is 0 Å². The molecule has 25 heavy (non-hydrogen) atoms. The molecule has 0 saturated heterocycles. The molecule has 132 valence electrons. The molecule has 0 aliphatic carbocycles. The summed E-state index contributed by atoms with van der Waals surface area (Å²) in [6, 6.07) is 12.0. The molecule has 1 amide bonds. The zero-order valence-electron chi connectivity index (χ0n) is 13.9. The van der Waals surface area contributed by atoms with Crippen molar-refractivity contribution < 1.29 is 23.8 Å². The van der Waals surface area contributed by atoms with Crippen molar-refractivity contribution in [1.29, 1.82) is 0 Å². The smallest absolute Gasteiger partial charge is 0.344 e. The number of rotatable bonds is 7. The quantitative estimate of drug-likeness (QED) is 0.764. The van der Waals surface area contributed by atoms with Gasteiger partial charge < -0.3 is 19.5 Å². The number of anilines is 1. The SMILES string of the molecule is COc1ccc(NC(=O)COC(=O)COc2ccc(C)cc2)cc1Cl. The normalized spacial score (nSPS) is 10.0. The Hall–Kier alpha value is -2.73. The number of halogens is 1. The number of carbonyl (C=O) groups excluding carboxylic acids is 2. The summed E-state index contributed by atoms with van der Waals surface area (Å²) in [5, 5.41) is 2.94. The van der Waals surface area contributed by atoms with Crippen LogP contribution >= 0.6 is 11.6 Å². The third-order valence-electron chi connectivity index (χ3n) is 3.18. The molecular formula is C18H18ClNO5. The van der Waals surface area contributed by atoms with E-state index in [0.717, 1.165) is 5.56 Å². The molecule has 0 spiro atoms. The van der Waals surface area contributed by atoms with E-state index in [1.807, 2.05) is 19.1 Å². The van der Waals surface area contributed by atoms with Gasteiger partial charge in [-0.2, -0.15) is 0 Å². The van der Waals surface area contributed by atoms with Crippen LogP contribution in [0.25, 0.3) is 0 Å². The molecule has 1 N–H and O–H groups in total. The van der Waals surface area contributed by atoms with E-state index in [0.29, 0.717) is 22.2 Å². The Bertz CT molecular complexity index is 746. The van der Waals surface area contributed by atoms with Crippen LogP contribution in [0.2, 0.25) is 5.02 Å². The fraction of sp³-hybridized carbons (Fsp3) is 0.222. The van der Waals surface area contributed by atoms with Crippen molar-refractivity contribution >= 4 is 29.2 Å². The molecule has 0 aliphatic heterocycles. The number of carbonyl (C=O) groups is 2. The maximum Gasteiger partial charge on any atom is 0.344 e. The summed E-state index contributed by atoms with van der Waals surface area (Å²) < 4.78 is 15.2. The van der Waals surface area contributed by atoms with Crippen LogP contribution in [-0.4, -0.2) is 32.2 Å². The number of nitrogens with one attached hydrogen (secondary N) is 1. The molecular weight excluding hydrogens is 346 g/mol. The third kappa shape index (κ3) is 6.00. The van der Waals surface area contributed by atoms with Gasteiger partial charge in [0.25, 0.3) is 5.91 Å². The van der Waals surface area contributed by atoms with Crippen LogP contribution in [0.1, 0.15) is 5.56 Å². The van der Waals surface area contributed by atoms with Gasteiger partial charge in [0.1, 0.15) is 11.5 Å². The van der Waals surface area contributed by atoms with Gasteiger partial charge in [0.05, 0.1) is 12.1 Å². The Labute approximate surface area is 150 Å². The molecule has 7 heteroatoms. The van der Waals surface area contributed by atoms with E-state index in [1.165, 1.54) is 7.11 Å². The minimum Gasteiger partial charge on any atom is -0.495 e. The summed E-state index contributed by atoms with van der Waals surface area (Å²) in [5.74, 6) is -0.0624. The van der Waals surface area contributed by atoms with E-state index in [9.17, 15) is 9.59 Å². The molecule has 2 rings (SSSR count). The second kappa shape index (κ2) is 8.94. The second-order valence-corrected chi connectivity index (χ2v) is 5.57. The Morgan fingerprint density at radius 2 is 1.80 bits per heavy atom. The Morgan fingerprint density at radius 3 is 2.44 bits per heavy atom. The summed E-state index contributed by atoms with van der Waals surface area (Å²) in [6.07, 6.45) is 0. The van der Waals surface area contributed by atoms with Gasteiger partial charge in [0, 0.05) is 5.69 Å². The van der Waals surface area contributed by atoms with E-state index in [1.54, 1.807) is 30.3 Å². The molecule has 0 saturated carbocycles. The molecule has 2 aromatic rings. The first-order valence-electron chi connectivity index (χ1n) is 7.46. The van der Waals surface area contributed by atoms with Gasteiger partial charge in [-0.3, -0.25) is 4.79 Å². The predicted molar refractivity (Wildman–Crippen MR) is 94.3 cm³/mol. The Balaban J connectivity index is 1.74. The highest BCUT2D eigenvalue weighted by molar-refractivity contribution is 6.32. The van der Waals surface area contributed by atoms with Crippen LogP contribution in [0.4, 0.5) is 5.69 Å². The fourth-order valence-corrected chi connectivity index (χ4v) is 2.16. The van der Waals surface area contributed by atoms with Crippen LogP contribution in [0, 0.1) is 6.92 Å². The monoisotopic (exact) mass is 363 g/mol. The second-order valence-electron chi connectivity index (χ2n) is 5.16. The summed E-state index contributed by atoms with van der Waals surface area (Å²) in [6.45, 7) is 1.26. The van der Waals surface area contributed by atoms with Gasteiger partial charge in [-0.05, 0) is 37.3 Å². The lowest BCUT2D eigenvalue weighted by molar-refractivity contribution is -0.149. The van der Waals surface area contributed by atoms with Gasteiger partial charge in [-0.1, -0.05) is 29.3 Å². The largest absolute Gasteiger partial charge is 0.495 e. The highest BCUT2D eigenvalue weighted by Crippen LogP contribution is 2.27. The lowest BCUT2D eigenvalue weighted by Gasteiger charge is -2.09. The van der Waals surface area contributed by atoms with Gasteiger partial charge in [0.2, 0.25) is 0 Å². The first-order valence-corrected chi connectivity index (χ1v) is 7.84. The molecule has 6 nitrogen and oxygen atoms in total. The summed E-state index contributed by atoms with van der Waals surface area (Å²) >= 11 is 5.97. The Kier molecular flexibility index (Phi) is 6.65. The van der Waals surface area contributed by atoms with E-state index < -0.39 is 18.5 Å². The molecule has 0 heterocycles. The van der Waals surface area contributed by atoms with Crippen LogP contribution in [0.15, 0.2) is 42.5 Å². The van der Waals surface area contributed by atoms with Gasteiger partial charge in [0.15, 0.2) is 13.2 Å². The topological polar surface area (TPSA) is 73.9 Å². The lowest BCUT2D eigenvalue weighted by Crippen LogP contribution is -2.23. The lowest BCUT2D eigenvalue weighted by atomic mass is 10.2. The number of esters is 1. The molecule has 0 aliphatic rings. The summed E-state index contributed by atoms with van der Waals surface area (Å²) in [4.78, 5) is 23.4. The zero-order chi connectivity index (χ0) is 18.2. The minimum atomic E-state index is -0.636. The van der Waals surface area contributed by atoms with Crippen molar-refractivity contribution in [3.63, 3.8) is 0 Å². The van der Waals surface area contributed by atoms with Crippen LogP contribution in [0.5, 0.6) is 11.5 Å². The average molecular weight is 364 g/mol. The summed E-state index contributed by atoms with van der Waals surface area (Å²) in [7, 11) is 1.50. The molecule has 0 aromatic heterocycles. The number of amides is 1. The molecule has 0 fully saturated rings. The van der Waals surface area contributed by atoms with E-state index in [-0.39, 0.29) is 6.61 Å². The first-order chi connectivity index (χ1) is 12.0. The Morgan fingerprint density at radius 1 is 1.08 bits per heavy atom. The molecule has 2 aromatic carbocycles. The number of aryl methyl sites for hydroxylation is 1. The predicted octanol–water partition coefficient (Wildman–Crippen LogP) is 3.22. The maximum absolute atomic E-state index is 11.8. The maximum atomic E-state index is 11.8. The van der Waals surface area contributed by atoms with Crippen LogP contribution in [0.3, 0.4) is 0 Å². The standard InChI is InChI=1S/C18H18ClNO5/c1-12-3-6-14(7-4-12)24-11-18(22)25-10-17(21)20-13-5-8-16(23-2)15(19)9-13/h3-9H,10-11H2,1-2H3,(H,20,21). The first kappa shape index (κ1) is 18.6. The minimum absolute atomic E-state index is 0.273. The molecule has 0 bridgehead atoms. The molecule has 0 atom stereocenters. The number of hydrogen-bond acceptors (Lipinski definition) is 5. The van der Waals surface area contributed by atoms with Gasteiger partial charge in [-0.25, -0.2) is 4.79 Å².